The van der Waals surface area contributed by atoms with Crippen LogP contribution in [0, 0.1) is 0 Å². The molecule has 0 radical (unpaired) electrons. The summed E-state index contributed by atoms with van der Waals surface area (Å²) in [4.78, 5) is 28.9. The van der Waals surface area contributed by atoms with E-state index in [1.165, 1.54) is 18.4 Å². The third-order valence-electron chi connectivity index (χ3n) is 5.52. The van der Waals surface area contributed by atoms with E-state index in [-0.39, 0.29) is 38.0 Å². The standard InChI is InChI=1S/C22H17F4N5O3S/c23-19(24)12-6-10(14-2-1-5-34-14)16-17(18(21(27)33)35-22(16)28-12)29-15(32)8-31-13(20(25)26)7-11(30-31)9-3-4-9/h1-2,5-7,9,19-20H,3-4,8H2,(H2,27,33)(H,29,32). The molecule has 0 bridgehead atoms. The quantitative estimate of drug-likeness (QED) is 0.316. The molecule has 1 saturated carbocycles. The molecule has 4 aromatic rings. The number of aromatic nitrogens is 3. The molecule has 35 heavy (non-hydrogen) atoms. The Labute approximate surface area is 198 Å². The first-order valence-electron chi connectivity index (χ1n) is 10.5. The van der Waals surface area contributed by atoms with Crippen molar-refractivity contribution >= 4 is 39.1 Å². The minimum Gasteiger partial charge on any atom is -0.464 e. The number of pyridine rings is 1. The van der Waals surface area contributed by atoms with Crippen LogP contribution in [-0.2, 0) is 11.3 Å². The molecule has 1 aliphatic rings. The third-order valence-corrected chi connectivity index (χ3v) is 6.62. The lowest BCUT2D eigenvalue weighted by Crippen LogP contribution is -2.22. The highest BCUT2D eigenvalue weighted by Gasteiger charge is 2.30. The maximum atomic E-state index is 13.5. The summed E-state index contributed by atoms with van der Waals surface area (Å²) in [6.07, 6.45) is -2.72. The summed E-state index contributed by atoms with van der Waals surface area (Å²) >= 11 is 0.730. The zero-order valence-corrected chi connectivity index (χ0v) is 18.6. The Balaban J connectivity index is 1.56. The fraction of sp³-hybridized carbons (Fsp3) is 0.273. The minimum absolute atomic E-state index is 0.0293. The van der Waals surface area contributed by atoms with Crippen molar-refractivity contribution in [3.05, 3.63) is 52.5 Å². The van der Waals surface area contributed by atoms with Gasteiger partial charge in [-0.3, -0.25) is 14.3 Å². The zero-order valence-electron chi connectivity index (χ0n) is 17.8. The lowest BCUT2D eigenvalue weighted by Gasteiger charge is -2.11. The number of nitrogens with zero attached hydrogens (tertiary/aromatic N) is 3. The number of fused-ring (bicyclic) bond motifs is 1. The van der Waals surface area contributed by atoms with Crippen molar-refractivity contribution in [2.24, 2.45) is 5.73 Å². The van der Waals surface area contributed by atoms with Crippen LogP contribution in [0.5, 0.6) is 0 Å². The highest BCUT2D eigenvalue weighted by molar-refractivity contribution is 7.21. The van der Waals surface area contributed by atoms with Gasteiger partial charge in [0.1, 0.15) is 33.4 Å². The Bertz CT molecular complexity index is 1430. The van der Waals surface area contributed by atoms with Crippen LogP contribution in [0.1, 0.15) is 58.4 Å². The highest BCUT2D eigenvalue weighted by atomic mass is 32.1. The molecule has 0 aliphatic heterocycles. The molecular weight excluding hydrogens is 490 g/mol. The second kappa shape index (κ2) is 8.80. The van der Waals surface area contributed by atoms with Gasteiger partial charge in [0.2, 0.25) is 5.91 Å². The number of hydrogen-bond acceptors (Lipinski definition) is 6. The number of rotatable bonds is 8. The molecule has 4 heterocycles. The Morgan fingerprint density at radius 3 is 2.60 bits per heavy atom. The van der Waals surface area contributed by atoms with Crippen LogP contribution in [0.15, 0.2) is 34.9 Å². The van der Waals surface area contributed by atoms with Gasteiger partial charge >= 0.3 is 0 Å². The number of thiophene rings is 1. The number of alkyl halides is 4. The van der Waals surface area contributed by atoms with Gasteiger partial charge in [0.25, 0.3) is 18.8 Å². The van der Waals surface area contributed by atoms with Gasteiger partial charge in [-0.05, 0) is 37.1 Å². The maximum absolute atomic E-state index is 13.5. The number of halogens is 4. The van der Waals surface area contributed by atoms with Crippen molar-refractivity contribution in [3.63, 3.8) is 0 Å². The van der Waals surface area contributed by atoms with Gasteiger partial charge in [0, 0.05) is 16.9 Å². The Kier molecular flexibility index (Phi) is 5.79. The largest absolute Gasteiger partial charge is 0.464 e. The van der Waals surface area contributed by atoms with Crippen LogP contribution >= 0.6 is 11.3 Å². The third kappa shape index (κ3) is 4.38. The topological polar surface area (TPSA) is 116 Å². The lowest BCUT2D eigenvalue weighted by atomic mass is 10.1. The number of nitrogens with one attached hydrogen (secondary N) is 1. The SMILES string of the molecule is NC(=O)c1sc2nc(C(F)F)cc(-c3ccco3)c2c1NC(=O)Cn1nc(C2CC2)cc1C(F)F. The fourth-order valence-corrected chi connectivity index (χ4v) is 4.81. The van der Waals surface area contributed by atoms with Gasteiger partial charge < -0.3 is 15.5 Å². The second-order valence-corrected chi connectivity index (χ2v) is 9.00. The Morgan fingerprint density at radius 1 is 1.23 bits per heavy atom. The first kappa shape index (κ1) is 23.0. The van der Waals surface area contributed by atoms with Gasteiger partial charge in [-0.15, -0.1) is 11.3 Å². The van der Waals surface area contributed by atoms with Gasteiger partial charge in [0.05, 0.1) is 17.6 Å². The van der Waals surface area contributed by atoms with Crippen molar-refractivity contribution in [1.82, 2.24) is 14.8 Å². The smallest absolute Gasteiger partial charge is 0.280 e. The predicted molar refractivity (Wildman–Crippen MR) is 119 cm³/mol. The average Bonchev–Trinajstić information content (AvgIpc) is 3.20. The number of amides is 2. The van der Waals surface area contributed by atoms with Crippen molar-refractivity contribution in [3.8, 4) is 11.3 Å². The van der Waals surface area contributed by atoms with Gasteiger partial charge in [-0.25, -0.2) is 22.5 Å². The monoisotopic (exact) mass is 507 g/mol. The first-order chi connectivity index (χ1) is 16.7. The molecule has 0 unspecified atom stereocenters. The predicted octanol–water partition coefficient (Wildman–Crippen LogP) is 5.24. The Hall–Kier alpha value is -3.74. The van der Waals surface area contributed by atoms with E-state index in [4.69, 9.17) is 10.2 Å². The van der Waals surface area contributed by atoms with Crippen molar-refractivity contribution < 1.29 is 31.6 Å². The first-order valence-corrected chi connectivity index (χ1v) is 11.3. The average molecular weight is 507 g/mol. The van der Waals surface area contributed by atoms with E-state index in [2.05, 4.69) is 15.4 Å². The van der Waals surface area contributed by atoms with E-state index < -0.39 is 42.6 Å². The normalized spacial score (nSPS) is 13.8. The van der Waals surface area contributed by atoms with Crippen LogP contribution in [-0.4, -0.2) is 26.6 Å². The van der Waals surface area contributed by atoms with Gasteiger partial charge in [-0.2, -0.15) is 5.10 Å². The number of carbonyl (C=O) groups excluding carboxylic acids is 2. The van der Waals surface area contributed by atoms with Gasteiger partial charge in [-0.1, -0.05) is 0 Å². The number of primary amides is 1. The van der Waals surface area contributed by atoms with Crippen molar-refractivity contribution in [2.45, 2.75) is 38.2 Å². The van der Waals surface area contributed by atoms with Crippen molar-refractivity contribution in [2.75, 3.05) is 5.32 Å². The molecule has 0 aromatic carbocycles. The number of anilines is 1. The molecule has 4 aromatic heterocycles. The van der Waals surface area contributed by atoms with E-state index in [1.54, 1.807) is 6.07 Å². The van der Waals surface area contributed by atoms with E-state index in [0.717, 1.165) is 34.9 Å². The molecule has 182 valence electrons. The number of hydrogen-bond donors (Lipinski definition) is 2. The molecular formula is C22H17F4N5O3S. The van der Waals surface area contributed by atoms with E-state index in [9.17, 15) is 27.2 Å². The maximum Gasteiger partial charge on any atom is 0.280 e. The molecule has 5 rings (SSSR count). The molecule has 3 N–H and O–H groups in total. The summed E-state index contributed by atoms with van der Waals surface area (Å²) in [6, 6.07) is 5.46. The number of carbonyl (C=O) groups is 2. The number of furan rings is 1. The van der Waals surface area contributed by atoms with E-state index in [1.807, 2.05) is 0 Å². The molecule has 0 saturated heterocycles. The molecule has 0 atom stereocenters. The molecule has 13 heteroatoms. The molecule has 1 aliphatic carbocycles. The summed E-state index contributed by atoms with van der Waals surface area (Å²) in [6.45, 7) is -0.555. The summed E-state index contributed by atoms with van der Waals surface area (Å²) in [5, 5.41) is 6.85. The molecule has 1 fully saturated rings. The fourth-order valence-electron chi connectivity index (χ4n) is 3.80. The molecule has 0 spiro atoms. The van der Waals surface area contributed by atoms with E-state index in [0.29, 0.717) is 5.69 Å². The summed E-state index contributed by atoms with van der Waals surface area (Å²) in [5.41, 5.74) is 5.14. The minimum atomic E-state index is -2.90. The van der Waals surface area contributed by atoms with Gasteiger partial charge in [0.15, 0.2) is 0 Å². The van der Waals surface area contributed by atoms with Crippen molar-refractivity contribution in [1.29, 1.82) is 0 Å². The molecule has 8 nitrogen and oxygen atoms in total. The van der Waals surface area contributed by atoms with Crippen LogP contribution in [0.4, 0.5) is 23.2 Å². The van der Waals surface area contributed by atoms with Crippen LogP contribution in [0.3, 0.4) is 0 Å². The summed E-state index contributed by atoms with van der Waals surface area (Å²) in [5.74, 6) is -1.38. The summed E-state index contributed by atoms with van der Waals surface area (Å²) in [7, 11) is 0. The lowest BCUT2D eigenvalue weighted by molar-refractivity contribution is -0.117. The highest BCUT2D eigenvalue weighted by Crippen LogP contribution is 2.43. The molecule has 2 amide bonds. The number of nitrogens with two attached hydrogens (primary N) is 1. The zero-order chi connectivity index (χ0) is 24.9. The van der Waals surface area contributed by atoms with Crippen LogP contribution in [0.25, 0.3) is 21.5 Å². The van der Waals surface area contributed by atoms with Crippen LogP contribution < -0.4 is 11.1 Å². The Morgan fingerprint density at radius 2 is 2.00 bits per heavy atom. The second-order valence-electron chi connectivity index (χ2n) is 8.00. The van der Waals surface area contributed by atoms with Crippen LogP contribution in [0.2, 0.25) is 0 Å². The summed E-state index contributed by atoms with van der Waals surface area (Å²) < 4.78 is 60.3. The van der Waals surface area contributed by atoms with E-state index >= 15 is 0 Å².